The Hall–Kier alpha value is -2.98. The van der Waals surface area contributed by atoms with Crippen LogP contribution in [0.25, 0.3) is 10.9 Å². The number of rotatable bonds is 5. The third-order valence-corrected chi connectivity index (χ3v) is 7.01. The molecule has 3 aliphatic heterocycles. The van der Waals surface area contributed by atoms with E-state index in [0.717, 1.165) is 41.5 Å². The highest BCUT2D eigenvalue weighted by Gasteiger charge is 2.44. The van der Waals surface area contributed by atoms with Crippen molar-refractivity contribution in [2.75, 3.05) is 13.1 Å². The van der Waals surface area contributed by atoms with E-state index in [1.807, 2.05) is 61.7 Å². The number of aromatic nitrogens is 1. The van der Waals surface area contributed by atoms with Crippen LogP contribution in [0.4, 0.5) is 0 Å². The number of carbonyl (C=O) groups excluding carboxylic acids is 1. The number of para-hydroxylation sites is 1. The average molecular weight is 413 g/mol. The Morgan fingerprint density at radius 3 is 2.74 bits per heavy atom. The van der Waals surface area contributed by atoms with Crippen molar-refractivity contribution in [3.8, 4) is 0 Å². The first-order chi connectivity index (χ1) is 15.1. The smallest absolute Gasteiger partial charge is 0.338 e. The summed E-state index contributed by atoms with van der Waals surface area (Å²) in [6.45, 7) is 8.09. The number of piperidine rings is 3. The zero-order chi connectivity index (χ0) is 21.4. The third kappa shape index (κ3) is 3.77. The summed E-state index contributed by atoms with van der Waals surface area (Å²) < 4.78 is 6.30. The van der Waals surface area contributed by atoms with Gasteiger partial charge in [0.2, 0.25) is 0 Å². The van der Waals surface area contributed by atoms with Crippen LogP contribution >= 0.6 is 0 Å². The van der Waals surface area contributed by atoms with Gasteiger partial charge >= 0.3 is 5.97 Å². The summed E-state index contributed by atoms with van der Waals surface area (Å²) in [6.07, 6.45) is 5.78. The summed E-state index contributed by atoms with van der Waals surface area (Å²) in [5.74, 6) is 0.850. The molecule has 0 aliphatic carbocycles. The minimum atomic E-state index is -0.338. The van der Waals surface area contributed by atoms with Crippen molar-refractivity contribution in [3.63, 3.8) is 0 Å². The third-order valence-electron chi connectivity index (χ3n) is 7.01. The van der Waals surface area contributed by atoms with Crippen molar-refractivity contribution in [1.82, 2.24) is 9.88 Å². The van der Waals surface area contributed by atoms with Crippen LogP contribution in [0, 0.1) is 18.8 Å². The van der Waals surface area contributed by atoms with Crippen molar-refractivity contribution >= 4 is 16.9 Å². The Labute approximate surface area is 183 Å². The van der Waals surface area contributed by atoms with E-state index in [9.17, 15) is 4.79 Å². The molecule has 0 spiro atoms. The van der Waals surface area contributed by atoms with E-state index in [0.29, 0.717) is 17.4 Å². The molecule has 0 radical (unpaired) electrons. The summed E-state index contributed by atoms with van der Waals surface area (Å²) in [4.78, 5) is 20.2. The van der Waals surface area contributed by atoms with Crippen LogP contribution in [-0.2, 0) is 4.74 Å². The fraction of sp³-hybridized carbons (Fsp3) is 0.333. The van der Waals surface area contributed by atoms with E-state index < -0.39 is 0 Å². The Bertz CT molecular complexity index is 1100. The van der Waals surface area contributed by atoms with Gasteiger partial charge in [-0.2, -0.15) is 0 Å². The largest absolute Gasteiger partial charge is 0.452 e. The normalized spacial score (nSPS) is 25.8. The highest BCUT2D eigenvalue weighted by Crippen LogP contribution is 2.43. The number of pyridine rings is 1. The van der Waals surface area contributed by atoms with Gasteiger partial charge in [-0.05, 0) is 62.4 Å². The minimum absolute atomic E-state index is 0.162. The van der Waals surface area contributed by atoms with Crippen LogP contribution < -0.4 is 0 Å². The Kier molecular flexibility index (Phi) is 5.33. The van der Waals surface area contributed by atoms with Crippen LogP contribution in [0.5, 0.6) is 0 Å². The molecule has 3 saturated heterocycles. The number of hydrogen-bond donors (Lipinski definition) is 0. The fourth-order valence-electron chi connectivity index (χ4n) is 5.28. The lowest BCUT2D eigenvalue weighted by Gasteiger charge is -2.51. The van der Waals surface area contributed by atoms with Gasteiger partial charge in [-0.25, -0.2) is 4.79 Å². The van der Waals surface area contributed by atoms with Crippen LogP contribution in [0.15, 0.2) is 73.4 Å². The number of hydrogen-bond acceptors (Lipinski definition) is 4. The van der Waals surface area contributed by atoms with Crippen LogP contribution in [0.3, 0.4) is 0 Å². The first kappa shape index (κ1) is 20.0. The summed E-state index contributed by atoms with van der Waals surface area (Å²) >= 11 is 0. The Morgan fingerprint density at radius 1 is 1.19 bits per heavy atom. The second-order valence-corrected chi connectivity index (χ2v) is 8.86. The van der Waals surface area contributed by atoms with Gasteiger partial charge in [-0.1, -0.05) is 42.0 Å². The molecule has 4 nitrogen and oxygen atoms in total. The van der Waals surface area contributed by atoms with Crippen molar-refractivity contribution in [1.29, 1.82) is 0 Å². The molecule has 4 heterocycles. The number of esters is 1. The molecule has 3 aromatic rings. The second kappa shape index (κ2) is 8.27. The van der Waals surface area contributed by atoms with Gasteiger partial charge in [0.1, 0.15) is 6.10 Å². The van der Waals surface area contributed by atoms with Crippen LogP contribution in [0.1, 0.15) is 40.4 Å². The van der Waals surface area contributed by atoms with Gasteiger partial charge < -0.3 is 4.74 Å². The van der Waals surface area contributed by atoms with E-state index in [-0.39, 0.29) is 18.1 Å². The van der Waals surface area contributed by atoms with Gasteiger partial charge in [0.05, 0.1) is 17.1 Å². The number of carbonyl (C=O) groups is 1. The van der Waals surface area contributed by atoms with Gasteiger partial charge in [-0.15, -0.1) is 6.58 Å². The summed E-state index contributed by atoms with van der Waals surface area (Å²) in [6, 6.07) is 17.9. The molecule has 3 fully saturated rings. The maximum absolute atomic E-state index is 13.2. The molecule has 0 amide bonds. The first-order valence-corrected chi connectivity index (χ1v) is 11.1. The molecule has 3 aliphatic rings. The standard InChI is InChI=1S/C27H28N2O2/c1-3-19-17-29-15-13-21(19)16-25(29)26(31-27(30)20-10-8-18(2)9-11-20)23-12-14-28-24-7-5-4-6-22(23)24/h3-12,14,19,21,25-26H,1,13,15-17H2,2H3/t19-,21+,25+,26-/m1/s1. The topological polar surface area (TPSA) is 42.4 Å². The molecule has 1 unspecified atom stereocenters. The van der Waals surface area contributed by atoms with Crippen molar-refractivity contribution in [2.45, 2.75) is 31.9 Å². The van der Waals surface area contributed by atoms with Gasteiger partial charge in [0.25, 0.3) is 0 Å². The molecular weight excluding hydrogens is 384 g/mol. The quantitative estimate of drug-likeness (QED) is 0.419. The molecule has 1 aromatic heterocycles. The predicted octanol–water partition coefficient (Wildman–Crippen LogP) is 5.34. The minimum Gasteiger partial charge on any atom is -0.452 e. The molecule has 0 N–H and O–H groups in total. The van der Waals surface area contributed by atoms with Crippen molar-refractivity contribution in [3.05, 3.63) is 90.1 Å². The van der Waals surface area contributed by atoms with E-state index >= 15 is 0 Å². The van der Waals surface area contributed by atoms with Crippen LogP contribution in [0.2, 0.25) is 0 Å². The Morgan fingerprint density at radius 2 is 2.00 bits per heavy atom. The van der Waals surface area contributed by atoms with Gasteiger partial charge in [0.15, 0.2) is 0 Å². The first-order valence-electron chi connectivity index (χ1n) is 11.1. The number of fused-ring (bicyclic) bond motifs is 4. The van der Waals surface area contributed by atoms with E-state index in [4.69, 9.17) is 4.74 Å². The van der Waals surface area contributed by atoms with Gasteiger partial charge in [-0.3, -0.25) is 9.88 Å². The zero-order valence-electron chi connectivity index (χ0n) is 17.9. The number of nitrogens with zero attached hydrogens (tertiary/aromatic N) is 2. The average Bonchev–Trinajstić information content (AvgIpc) is 2.82. The van der Waals surface area contributed by atoms with Crippen molar-refractivity contribution < 1.29 is 9.53 Å². The number of ether oxygens (including phenoxy) is 1. The predicted molar refractivity (Wildman–Crippen MR) is 123 cm³/mol. The highest BCUT2D eigenvalue weighted by molar-refractivity contribution is 5.90. The molecule has 2 aromatic carbocycles. The van der Waals surface area contributed by atoms with Gasteiger partial charge in [0, 0.05) is 23.7 Å². The summed E-state index contributed by atoms with van der Waals surface area (Å²) in [5, 5.41) is 1.05. The fourth-order valence-corrected chi connectivity index (χ4v) is 5.28. The number of benzene rings is 2. The van der Waals surface area contributed by atoms with E-state index in [1.54, 1.807) is 0 Å². The van der Waals surface area contributed by atoms with Crippen LogP contribution in [-0.4, -0.2) is 35.0 Å². The molecule has 158 valence electrons. The summed E-state index contributed by atoms with van der Waals surface area (Å²) in [7, 11) is 0. The second-order valence-electron chi connectivity index (χ2n) is 8.86. The molecule has 31 heavy (non-hydrogen) atoms. The molecule has 2 bridgehead atoms. The SMILES string of the molecule is C=C[C@@H]1CN2CC[C@H]1C[C@H]2[C@H](OC(=O)c1ccc(C)cc1)c1ccnc2ccccc12. The maximum Gasteiger partial charge on any atom is 0.338 e. The Balaban J connectivity index is 1.53. The number of aryl methyl sites for hydroxylation is 1. The molecule has 4 heteroatoms. The van der Waals surface area contributed by atoms with Crippen molar-refractivity contribution in [2.24, 2.45) is 11.8 Å². The lowest BCUT2D eigenvalue weighted by molar-refractivity contribution is -0.0568. The lowest BCUT2D eigenvalue weighted by Crippen LogP contribution is -2.55. The van der Waals surface area contributed by atoms with E-state index in [2.05, 4.69) is 28.6 Å². The summed E-state index contributed by atoms with van der Waals surface area (Å²) in [5.41, 5.74) is 3.68. The molecular formula is C27H28N2O2. The molecule has 5 atom stereocenters. The maximum atomic E-state index is 13.2. The highest BCUT2D eigenvalue weighted by atomic mass is 16.5. The zero-order valence-corrected chi connectivity index (χ0v) is 17.9. The molecule has 6 rings (SSSR count). The molecule has 0 saturated carbocycles. The van der Waals surface area contributed by atoms with E-state index in [1.165, 1.54) is 6.42 Å². The lowest BCUT2D eigenvalue weighted by atomic mass is 9.73. The monoisotopic (exact) mass is 412 g/mol.